The van der Waals surface area contributed by atoms with Crippen LogP contribution in [0.25, 0.3) is 0 Å². The molecule has 0 amide bonds. The fraction of sp³-hybridized carbons (Fsp3) is 0. The van der Waals surface area contributed by atoms with E-state index in [1.54, 1.807) is 0 Å². The molecule has 0 aliphatic rings. The fourth-order valence-corrected chi connectivity index (χ4v) is 7.57. The summed E-state index contributed by atoms with van der Waals surface area (Å²) in [6, 6.07) is 10.4. The van der Waals surface area contributed by atoms with Crippen LogP contribution >= 0.6 is 38.1 Å². The quantitative estimate of drug-likeness (QED) is 0.493. The van der Waals surface area contributed by atoms with E-state index in [0.29, 0.717) is 0 Å². The summed E-state index contributed by atoms with van der Waals surface area (Å²) in [5, 5.41) is 7.60. The molecule has 0 fully saturated rings. The third kappa shape index (κ3) is 8.47. The molecule has 1 rings (SSSR count). The summed E-state index contributed by atoms with van der Waals surface area (Å²) in [6.07, 6.45) is 0.833. The first-order valence-electron chi connectivity index (χ1n) is 3.85. The van der Waals surface area contributed by atoms with Gasteiger partial charge in [-0.3, -0.25) is 0 Å². The van der Waals surface area contributed by atoms with Crippen LogP contribution in [0.15, 0.2) is 43.0 Å². The van der Waals surface area contributed by atoms with E-state index in [1.807, 2.05) is 18.2 Å². The molecule has 1 N–H and O–H groups in total. The fourth-order valence-electron chi connectivity index (χ4n) is 0.627. The molecule has 1 aromatic carbocycles. The number of rotatable bonds is 2. The summed E-state index contributed by atoms with van der Waals surface area (Å²) in [6.45, 7) is 2.96. The van der Waals surface area contributed by atoms with Gasteiger partial charge in [0.25, 0.3) is 0 Å². The van der Waals surface area contributed by atoms with Crippen molar-refractivity contribution in [3.05, 3.63) is 43.0 Å². The molecule has 0 radical (unpaired) electrons. The van der Waals surface area contributed by atoms with Crippen LogP contribution < -0.4 is 3.58 Å². The Morgan fingerprint density at radius 1 is 1.27 bits per heavy atom. The Kier molecular flexibility index (Phi) is 8.21. The van der Waals surface area contributed by atoms with Crippen LogP contribution in [-0.2, 0) is 4.79 Å². The molecule has 0 aromatic heterocycles. The molecule has 0 aliphatic heterocycles. The Morgan fingerprint density at radius 2 is 1.67 bits per heavy atom. The minimum atomic E-state index is -2.27. The molecular weight excluding hydrogens is 499 g/mol. The normalized spacial score (nSPS) is 9.80. The van der Waals surface area contributed by atoms with Crippen LogP contribution in [0.4, 0.5) is 0 Å². The van der Waals surface area contributed by atoms with E-state index in [-0.39, 0.29) is 0 Å². The third-order valence-electron chi connectivity index (χ3n) is 1.28. The number of carboxylic acid groups (broad SMARTS) is 1. The van der Waals surface area contributed by atoms with Crippen LogP contribution in [0.5, 0.6) is 0 Å². The van der Waals surface area contributed by atoms with Crippen LogP contribution in [-0.4, -0.2) is 22.8 Å². The van der Waals surface area contributed by atoms with Crippen LogP contribution in [0.1, 0.15) is 0 Å². The van der Waals surface area contributed by atoms with E-state index in [9.17, 15) is 4.79 Å². The number of benzene rings is 1. The Morgan fingerprint density at radius 3 is 1.87 bits per heavy atom. The second-order valence-electron chi connectivity index (χ2n) is 2.41. The third-order valence-corrected chi connectivity index (χ3v) is 13.3. The van der Waals surface area contributed by atoms with Crippen molar-refractivity contribution in [2.45, 2.75) is 0 Å². The summed E-state index contributed by atoms with van der Waals surface area (Å²) in [5.41, 5.74) is 0. The monoisotopic (exact) mass is 506 g/mol. The van der Waals surface area contributed by atoms with Gasteiger partial charge >= 0.3 is 89.7 Å². The zero-order valence-corrected chi connectivity index (χ0v) is 15.3. The van der Waals surface area contributed by atoms with Crippen molar-refractivity contribution in [3.63, 3.8) is 0 Å². The molecule has 0 atom stereocenters. The van der Waals surface area contributed by atoms with Gasteiger partial charge in [-0.1, -0.05) is 6.58 Å². The van der Waals surface area contributed by atoms with Gasteiger partial charge in [0.05, 0.1) is 0 Å². The van der Waals surface area contributed by atoms with Crippen molar-refractivity contribution in [3.8, 4) is 0 Å². The molecule has 0 unspecified atom stereocenters. The molecule has 0 aliphatic carbocycles. The maximum atomic E-state index is 9.25. The zero-order valence-electron chi connectivity index (χ0n) is 7.66. The van der Waals surface area contributed by atoms with Gasteiger partial charge in [0.2, 0.25) is 0 Å². The first kappa shape index (κ1) is 15.7. The first-order chi connectivity index (χ1) is 6.88. The zero-order chi connectivity index (χ0) is 11.9. The molecule has 6 heteroatoms. The van der Waals surface area contributed by atoms with Crippen LogP contribution in [0, 0.1) is 0 Å². The Bertz CT molecular complexity index is 322. The molecule has 82 valence electrons. The molecule has 0 heterocycles. The topological polar surface area (TPSA) is 37.3 Å². The van der Waals surface area contributed by atoms with E-state index >= 15 is 0 Å². The number of aliphatic carboxylic acids is 1. The van der Waals surface area contributed by atoms with Gasteiger partial charge in [-0.25, -0.2) is 4.79 Å². The Balaban J connectivity index is 0.000000336. The molecule has 0 bridgehead atoms. The summed E-state index contributed by atoms with van der Waals surface area (Å²) >= 11 is 8.62. The van der Waals surface area contributed by atoms with E-state index < -0.39 is 17.7 Å². The van der Waals surface area contributed by atoms with Gasteiger partial charge in [0.15, 0.2) is 0 Å². The van der Waals surface area contributed by atoms with Crippen molar-refractivity contribution in [2.75, 3.05) is 0 Å². The van der Waals surface area contributed by atoms with Crippen molar-refractivity contribution in [1.82, 2.24) is 0 Å². The van der Waals surface area contributed by atoms with Crippen molar-refractivity contribution < 1.29 is 9.90 Å². The summed E-state index contributed by atoms with van der Waals surface area (Å²) < 4.78 is 1.36. The molecule has 1 aromatic rings. The van der Waals surface area contributed by atoms with Gasteiger partial charge in [-0.05, 0) is 0 Å². The number of halogens is 3. The van der Waals surface area contributed by atoms with E-state index in [2.05, 4.69) is 56.8 Å². The molecular formula is C9H9Br3O2Sn. The van der Waals surface area contributed by atoms with Gasteiger partial charge < -0.3 is 5.11 Å². The van der Waals surface area contributed by atoms with Gasteiger partial charge in [-0.15, -0.1) is 0 Å². The number of carbonyl (C=O) groups is 1. The Labute approximate surface area is 111 Å². The summed E-state index contributed by atoms with van der Waals surface area (Å²) in [4.78, 5) is 9.25. The standard InChI is InChI=1S/C6H5.C3H4O2.3BrH.Sn/c1-2-4-6-5-3-1;1-2-3(4)5;;;;/h1-5H;2H,1H2,(H,4,5);3*1H;/q;;;;;+3/p-3. The van der Waals surface area contributed by atoms with Gasteiger partial charge in [0, 0.05) is 6.08 Å². The SMILES string of the molecule is C=CC(=O)O.[Br][Sn]([Br])([Br])[c]1ccccc1. The van der Waals surface area contributed by atoms with Crippen molar-refractivity contribution >= 4 is 59.4 Å². The van der Waals surface area contributed by atoms with Crippen LogP contribution in [0.2, 0.25) is 0 Å². The number of hydrogen-bond acceptors (Lipinski definition) is 1. The van der Waals surface area contributed by atoms with E-state index in [4.69, 9.17) is 5.11 Å². The van der Waals surface area contributed by atoms with E-state index in [1.165, 1.54) is 3.58 Å². The molecule has 0 spiro atoms. The van der Waals surface area contributed by atoms with Crippen LogP contribution in [0.3, 0.4) is 0 Å². The molecule has 0 saturated carbocycles. The summed E-state index contributed by atoms with van der Waals surface area (Å²) in [5.74, 6) is -0.981. The summed E-state index contributed by atoms with van der Waals surface area (Å²) in [7, 11) is 0. The predicted molar refractivity (Wildman–Crippen MR) is 76.4 cm³/mol. The number of carboxylic acids is 1. The molecule has 0 saturated heterocycles. The predicted octanol–water partition coefficient (Wildman–Crippen LogP) is 3.27. The second-order valence-corrected chi connectivity index (χ2v) is 52.2. The van der Waals surface area contributed by atoms with E-state index in [0.717, 1.165) is 6.08 Å². The maximum absolute atomic E-state index is 9.25. The molecule has 2 nitrogen and oxygen atoms in total. The first-order valence-corrected chi connectivity index (χ1v) is 24.5. The molecule has 15 heavy (non-hydrogen) atoms. The Hall–Kier alpha value is 0.669. The average Bonchev–Trinajstić information content (AvgIpc) is 2.19. The van der Waals surface area contributed by atoms with Crippen molar-refractivity contribution in [1.29, 1.82) is 0 Å². The average molecular weight is 508 g/mol. The van der Waals surface area contributed by atoms with Gasteiger partial charge in [-0.2, -0.15) is 0 Å². The van der Waals surface area contributed by atoms with Gasteiger partial charge in [0.1, 0.15) is 0 Å². The van der Waals surface area contributed by atoms with Crippen molar-refractivity contribution in [2.24, 2.45) is 0 Å². The minimum absolute atomic E-state index is 0.833. The second kappa shape index (κ2) is 7.86. The number of hydrogen-bond donors (Lipinski definition) is 1.